The highest BCUT2D eigenvalue weighted by atomic mass is 16.3. The summed E-state index contributed by atoms with van der Waals surface area (Å²) in [7, 11) is 0. The van der Waals surface area contributed by atoms with Gasteiger partial charge in [-0.2, -0.15) is 0 Å². The van der Waals surface area contributed by atoms with Crippen LogP contribution in [0.2, 0.25) is 0 Å². The van der Waals surface area contributed by atoms with Gasteiger partial charge in [0.2, 0.25) is 0 Å². The number of aryl methyl sites for hydroxylation is 1. The van der Waals surface area contributed by atoms with E-state index in [0.717, 1.165) is 28.7 Å². The lowest BCUT2D eigenvalue weighted by molar-refractivity contribution is -0.112. The molecule has 0 saturated heterocycles. The minimum atomic E-state index is -0.178. The van der Waals surface area contributed by atoms with Crippen LogP contribution in [0.1, 0.15) is 35.5 Å². The minimum absolute atomic E-state index is 0.0504. The maximum atomic E-state index is 12.5. The Morgan fingerprint density at radius 2 is 2.09 bits per heavy atom. The number of hydrogen-bond donors (Lipinski definition) is 2. The Balaban J connectivity index is 2.40. The van der Waals surface area contributed by atoms with Crippen molar-refractivity contribution in [3.63, 3.8) is 0 Å². The average molecular weight is 314 g/mol. The third kappa shape index (κ3) is 3.51. The number of aromatic nitrogens is 1. The molecule has 2 N–H and O–H groups in total. The second-order valence-electron chi connectivity index (χ2n) is 5.44. The van der Waals surface area contributed by atoms with Gasteiger partial charge >= 0.3 is 0 Å². The Morgan fingerprint density at radius 3 is 2.70 bits per heavy atom. The van der Waals surface area contributed by atoms with E-state index < -0.39 is 0 Å². The molecule has 5 heteroatoms. The number of amides is 1. The maximum absolute atomic E-state index is 12.5. The van der Waals surface area contributed by atoms with Gasteiger partial charge in [-0.15, -0.1) is 0 Å². The van der Waals surface area contributed by atoms with E-state index in [2.05, 4.69) is 9.88 Å². The average Bonchev–Trinajstić information content (AvgIpc) is 2.81. The van der Waals surface area contributed by atoms with E-state index in [9.17, 15) is 14.7 Å². The largest absolute Gasteiger partial charge is 0.392 e. The van der Waals surface area contributed by atoms with Crippen LogP contribution in [0.4, 0.5) is 0 Å². The summed E-state index contributed by atoms with van der Waals surface area (Å²) >= 11 is 0. The SMILES string of the molecule is CCn1c(C)c(C(=O)NC/C=C/C(C)=O)c2cc(CO)ccc21. The minimum Gasteiger partial charge on any atom is -0.392 e. The summed E-state index contributed by atoms with van der Waals surface area (Å²) in [5.74, 6) is -0.228. The molecular formula is C18H22N2O3. The van der Waals surface area contributed by atoms with Gasteiger partial charge in [-0.05, 0) is 44.5 Å². The van der Waals surface area contributed by atoms with E-state index >= 15 is 0 Å². The van der Waals surface area contributed by atoms with Crippen LogP contribution >= 0.6 is 0 Å². The topological polar surface area (TPSA) is 71.3 Å². The first kappa shape index (κ1) is 17.0. The molecule has 23 heavy (non-hydrogen) atoms. The van der Waals surface area contributed by atoms with Gasteiger partial charge < -0.3 is 15.0 Å². The molecule has 5 nitrogen and oxygen atoms in total. The molecule has 0 fully saturated rings. The molecule has 0 atom stereocenters. The van der Waals surface area contributed by atoms with Gasteiger partial charge in [-0.25, -0.2) is 0 Å². The number of aliphatic hydroxyl groups excluding tert-OH is 1. The van der Waals surface area contributed by atoms with Crippen LogP contribution in [0.3, 0.4) is 0 Å². The van der Waals surface area contributed by atoms with E-state index in [1.165, 1.54) is 13.0 Å². The van der Waals surface area contributed by atoms with Crippen molar-refractivity contribution in [2.24, 2.45) is 0 Å². The number of carbonyl (C=O) groups is 2. The first-order valence-electron chi connectivity index (χ1n) is 7.67. The third-order valence-corrected chi connectivity index (χ3v) is 3.85. The van der Waals surface area contributed by atoms with Crippen LogP contribution < -0.4 is 5.32 Å². The van der Waals surface area contributed by atoms with Crippen molar-refractivity contribution in [2.45, 2.75) is 33.9 Å². The quantitative estimate of drug-likeness (QED) is 0.804. The highest BCUT2D eigenvalue weighted by molar-refractivity contribution is 6.08. The zero-order chi connectivity index (χ0) is 17.0. The van der Waals surface area contributed by atoms with E-state index in [1.807, 2.05) is 32.0 Å². The van der Waals surface area contributed by atoms with Crippen LogP contribution in [-0.2, 0) is 17.9 Å². The van der Waals surface area contributed by atoms with Crippen molar-refractivity contribution < 1.29 is 14.7 Å². The fourth-order valence-electron chi connectivity index (χ4n) is 2.79. The normalized spacial score (nSPS) is 11.3. The lowest BCUT2D eigenvalue weighted by Gasteiger charge is -2.05. The van der Waals surface area contributed by atoms with E-state index in [-0.39, 0.29) is 18.3 Å². The lowest BCUT2D eigenvalue weighted by atomic mass is 10.1. The number of fused-ring (bicyclic) bond motifs is 1. The summed E-state index contributed by atoms with van der Waals surface area (Å²) in [4.78, 5) is 23.4. The van der Waals surface area contributed by atoms with Crippen molar-refractivity contribution >= 4 is 22.6 Å². The molecule has 0 bridgehead atoms. The Morgan fingerprint density at radius 1 is 1.35 bits per heavy atom. The summed E-state index contributed by atoms with van der Waals surface area (Å²) in [6.45, 7) is 6.42. The van der Waals surface area contributed by atoms with Gasteiger partial charge in [0.25, 0.3) is 5.91 Å². The van der Waals surface area contributed by atoms with Crippen LogP contribution in [0.15, 0.2) is 30.4 Å². The molecule has 1 amide bonds. The Labute approximate surface area is 135 Å². The zero-order valence-corrected chi connectivity index (χ0v) is 13.7. The van der Waals surface area contributed by atoms with Crippen molar-refractivity contribution in [3.8, 4) is 0 Å². The highest BCUT2D eigenvalue weighted by Crippen LogP contribution is 2.27. The molecule has 2 aromatic rings. The molecule has 2 rings (SSSR count). The molecule has 0 saturated carbocycles. The van der Waals surface area contributed by atoms with E-state index in [0.29, 0.717) is 12.1 Å². The predicted molar refractivity (Wildman–Crippen MR) is 90.4 cm³/mol. The number of nitrogens with one attached hydrogen (secondary N) is 1. The predicted octanol–water partition coefficient (Wildman–Crippen LogP) is 2.34. The maximum Gasteiger partial charge on any atom is 0.253 e. The van der Waals surface area contributed by atoms with Crippen molar-refractivity contribution in [3.05, 3.63) is 47.2 Å². The number of aliphatic hydroxyl groups is 1. The number of ketones is 1. The van der Waals surface area contributed by atoms with Crippen molar-refractivity contribution in [1.29, 1.82) is 0 Å². The van der Waals surface area contributed by atoms with E-state index in [4.69, 9.17) is 0 Å². The molecule has 1 aromatic heterocycles. The van der Waals surface area contributed by atoms with Gasteiger partial charge in [0.1, 0.15) is 0 Å². The van der Waals surface area contributed by atoms with Crippen LogP contribution in [0.5, 0.6) is 0 Å². The summed E-state index contributed by atoms with van der Waals surface area (Å²) in [5, 5.41) is 13.0. The standard InChI is InChI=1S/C18H22N2O3/c1-4-20-13(3)17(18(23)19-9-5-6-12(2)22)15-10-14(11-21)7-8-16(15)20/h5-8,10,21H,4,9,11H2,1-3H3,(H,19,23)/b6-5+. The molecule has 0 unspecified atom stereocenters. The smallest absolute Gasteiger partial charge is 0.253 e. The fourth-order valence-corrected chi connectivity index (χ4v) is 2.79. The van der Waals surface area contributed by atoms with Gasteiger partial charge in [0, 0.05) is 29.7 Å². The summed E-state index contributed by atoms with van der Waals surface area (Å²) < 4.78 is 2.08. The molecule has 1 aromatic carbocycles. The lowest BCUT2D eigenvalue weighted by Crippen LogP contribution is -2.24. The molecule has 0 aliphatic carbocycles. The summed E-state index contributed by atoms with van der Waals surface area (Å²) in [6, 6.07) is 5.66. The third-order valence-electron chi connectivity index (χ3n) is 3.85. The number of hydrogen-bond acceptors (Lipinski definition) is 3. The monoisotopic (exact) mass is 314 g/mol. The first-order valence-corrected chi connectivity index (χ1v) is 7.67. The van der Waals surface area contributed by atoms with Crippen LogP contribution in [0.25, 0.3) is 10.9 Å². The molecule has 122 valence electrons. The van der Waals surface area contributed by atoms with Crippen molar-refractivity contribution in [2.75, 3.05) is 6.54 Å². The number of rotatable bonds is 6. The number of carbonyl (C=O) groups excluding carboxylic acids is 2. The number of benzene rings is 1. The summed E-state index contributed by atoms with van der Waals surface area (Å²) in [6.07, 6.45) is 3.07. The molecule has 1 heterocycles. The van der Waals surface area contributed by atoms with Crippen LogP contribution in [0, 0.1) is 6.92 Å². The Hall–Kier alpha value is -2.40. The van der Waals surface area contributed by atoms with Gasteiger partial charge in [-0.1, -0.05) is 12.1 Å². The highest BCUT2D eigenvalue weighted by Gasteiger charge is 2.19. The first-order chi connectivity index (χ1) is 11.0. The second kappa shape index (κ2) is 7.24. The molecular weight excluding hydrogens is 292 g/mol. The zero-order valence-electron chi connectivity index (χ0n) is 13.7. The Bertz CT molecular complexity index is 772. The Kier molecular flexibility index (Phi) is 5.34. The molecule has 0 aliphatic rings. The van der Waals surface area contributed by atoms with Crippen molar-refractivity contribution in [1.82, 2.24) is 9.88 Å². The van der Waals surface area contributed by atoms with Gasteiger partial charge in [0.05, 0.1) is 12.2 Å². The van der Waals surface area contributed by atoms with Crippen LogP contribution in [-0.4, -0.2) is 27.9 Å². The summed E-state index contributed by atoms with van der Waals surface area (Å²) in [5.41, 5.74) is 3.27. The molecule has 0 aliphatic heterocycles. The molecule has 0 spiro atoms. The fraction of sp³-hybridized carbons (Fsp3) is 0.333. The van der Waals surface area contributed by atoms with Gasteiger partial charge in [0.15, 0.2) is 5.78 Å². The van der Waals surface area contributed by atoms with Gasteiger partial charge in [-0.3, -0.25) is 9.59 Å². The van der Waals surface area contributed by atoms with E-state index in [1.54, 1.807) is 6.08 Å². The second-order valence-corrected chi connectivity index (χ2v) is 5.44. The number of nitrogens with zero attached hydrogens (tertiary/aromatic N) is 1. The molecule has 0 radical (unpaired) electrons. The number of allylic oxidation sites excluding steroid dienone is 1.